The van der Waals surface area contributed by atoms with Gasteiger partial charge in [-0.1, -0.05) is 20.3 Å². The van der Waals surface area contributed by atoms with Gasteiger partial charge in [0, 0.05) is 18.4 Å². The van der Waals surface area contributed by atoms with Crippen molar-refractivity contribution >= 4 is 0 Å². The SMILES string of the molecule is CCCC(NCC)c1ccncc1. The molecule has 0 fully saturated rings. The van der Waals surface area contributed by atoms with Crippen LogP contribution in [-0.4, -0.2) is 11.5 Å². The molecule has 0 saturated carbocycles. The van der Waals surface area contributed by atoms with Crippen molar-refractivity contribution in [3.8, 4) is 0 Å². The van der Waals surface area contributed by atoms with Crippen LogP contribution in [0.15, 0.2) is 24.5 Å². The summed E-state index contributed by atoms with van der Waals surface area (Å²) in [5.41, 5.74) is 1.35. The van der Waals surface area contributed by atoms with E-state index < -0.39 is 0 Å². The Morgan fingerprint density at radius 2 is 2.00 bits per heavy atom. The van der Waals surface area contributed by atoms with Crippen molar-refractivity contribution < 1.29 is 0 Å². The Kier molecular flexibility index (Phi) is 4.47. The minimum absolute atomic E-state index is 0.498. The first-order valence-corrected chi connectivity index (χ1v) is 5.01. The summed E-state index contributed by atoms with van der Waals surface area (Å²) in [5.74, 6) is 0. The number of nitrogens with zero attached hydrogens (tertiary/aromatic N) is 1. The van der Waals surface area contributed by atoms with E-state index in [0.29, 0.717) is 6.04 Å². The van der Waals surface area contributed by atoms with Crippen LogP contribution in [0.4, 0.5) is 0 Å². The second kappa shape index (κ2) is 5.70. The molecule has 0 aliphatic heterocycles. The molecule has 1 N–H and O–H groups in total. The first-order valence-electron chi connectivity index (χ1n) is 5.01. The molecule has 1 aromatic rings. The summed E-state index contributed by atoms with van der Waals surface area (Å²) >= 11 is 0. The van der Waals surface area contributed by atoms with Crippen LogP contribution in [0.2, 0.25) is 0 Å². The minimum atomic E-state index is 0.498. The maximum absolute atomic E-state index is 4.02. The number of hydrogen-bond acceptors (Lipinski definition) is 2. The lowest BCUT2D eigenvalue weighted by molar-refractivity contribution is 0.509. The van der Waals surface area contributed by atoms with Crippen LogP contribution in [0.3, 0.4) is 0 Å². The second-order valence-corrected chi connectivity index (χ2v) is 3.18. The quantitative estimate of drug-likeness (QED) is 0.749. The highest BCUT2D eigenvalue weighted by Crippen LogP contribution is 2.16. The van der Waals surface area contributed by atoms with Crippen LogP contribution in [0.1, 0.15) is 38.3 Å². The number of rotatable bonds is 5. The Bertz CT molecular complexity index is 215. The van der Waals surface area contributed by atoms with Crippen molar-refractivity contribution in [1.29, 1.82) is 0 Å². The highest BCUT2D eigenvalue weighted by atomic mass is 14.9. The molecular weight excluding hydrogens is 160 g/mol. The molecule has 1 aromatic heterocycles. The molecule has 0 bridgehead atoms. The molecule has 1 unspecified atom stereocenters. The number of pyridine rings is 1. The fourth-order valence-electron chi connectivity index (χ4n) is 1.52. The number of nitrogens with one attached hydrogen (secondary N) is 1. The van der Waals surface area contributed by atoms with Gasteiger partial charge in [0.25, 0.3) is 0 Å². The number of hydrogen-bond donors (Lipinski definition) is 1. The van der Waals surface area contributed by atoms with Crippen molar-refractivity contribution in [3.63, 3.8) is 0 Å². The van der Waals surface area contributed by atoms with Crippen LogP contribution in [0.5, 0.6) is 0 Å². The fraction of sp³-hybridized carbons (Fsp3) is 0.545. The summed E-state index contributed by atoms with van der Waals surface area (Å²) in [5, 5.41) is 3.47. The molecule has 1 atom stereocenters. The van der Waals surface area contributed by atoms with Crippen molar-refractivity contribution in [1.82, 2.24) is 10.3 Å². The normalized spacial score (nSPS) is 12.8. The van der Waals surface area contributed by atoms with Gasteiger partial charge in [-0.15, -0.1) is 0 Å². The third-order valence-electron chi connectivity index (χ3n) is 2.14. The second-order valence-electron chi connectivity index (χ2n) is 3.18. The van der Waals surface area contributed by atoms with Crippen LogP contribution >= 0.6 is 0 Å². The van der Waals surface area contributed by atoms with Gasteiger partial charge < -0.3 is 5.32 Å². The van der Waals surface area contributed by atoms with Crippen LogP contribution in [-0.2, 0) is 0 Å². The summed E-state index contributed by atoms with van der Waals surface area (Å²) in [6.45, 7) is 5.38. The zero-order valence-corrected chi connectivity index (χ0v) is 8.46. The van der Waals surface area contributed by atoms with Crippen LogP contribution in [0, 0.1) is 0 Å². The lowest BCUT2D eigenvalue weighted by Gasteiger charge is -2.16. The van der Waals surface area contributed by atoms with E-state index in [2.05, 4.69) is 36.3 Å². The van der Waals surface area contributed by atoms with E-state index in [0.717, 1.165) is 6.54 Å². The van der Waals surface area contributed by atoms with Gasteiger partial charge in [-0.3, -0.25) is 4.98 Å². The monoisotopic (exact) mass is 178 g/mol. The Morgan fingerprint density at radius 1 is 1.31 bits per heavy atom. The molecule has 0 spiro atoms. The van der Waals surface area contributed by atoms with Crippen molar-refractivity contribution in [2.24, 2.45) is 0 Å². The molecule has 0 radical (unpaired) electrons. The van der Waals surface area contributed by atoms with Gasteiger partial charge in [-0.25, -0.2) is 0 Å². The van der Waals surface area contributed by atoms with Gasteiger partial charge in [0.2, 0.25) is 0 Å². The van der Waals surface area contributed by atoms with Gasteiger partial charge in [0.05, 0.1) is 0 Å². The lowest BCUT2D eigenvalue weighted by Crippen LogP contribution is -2.20. The first-order chi connectivity index (χ1) is 6.38. The summed E-state index contributed by atoms with van der Waals surface area (Å²) in [6, 6.07) is 4.67. The van der Waals surface area contributed by atoms with E-state index in [4.69, 9.17) is 0 Å². The average Bonchev–Trinajstić information content (AvgIpc) is 2.19. The topological polar surface area (TPSA) is 24.9 Å². The maximum Gasteiger partial charge on any atom is 0.0321 e. The zero-order chi connectivity index (χ0) is 9.52. The predicted octanol–water partition coefficient (Wildman–Crippen LogP) is 2.53. The standard InChI is InChI=1S/C11H18N2/c1-3-5-11(13-4-2)10-6-8-12-9-7-10/h6-9,11,13H,3-5H2,1-2H3. The lowest BCUT2D eigenvalue weighted by atomic mass is 10.0. The Morgan fingerprint density at radius 3 is 2.54 bits per heavy atom. The van der Waals surface area contributed by atoms with Gasteiger partial charge in [0.15, 0.2) is 0 Å². The smallest absolute Gasteiger partial charge is 0.0321 e. The molecule has 1 heterocycles. The highest BCUT2D eigenvalue weighted by Gasteiger charge is 2.07. The predicted molar refractivity (Wildman–Crippen MR) is 55.6 cm³/mol. The third kappa shape index (κ3) is 3.15. The van der Waals surface area contributed by atoms with Crippen molar-refractivity contribution in [2.45, 2.75) is 32.7 Å². The van der Waals surface area contributed by atoms with E-state index >= 15 is 0 Å². The molecule has 0 aromatic carbocycles. The average molecular weight is 178 g/mol. The van der Waals surface area contributed by atoms with Crippen molar-refractivity contribution in [3.05, 3.63) is 30.1 Å². The van der Waals surface area contributed by atoms with E-state index in [1.807, 2.05) is 12.4 Å². The third-order valence-corrected chi connectivity index (χ3v) is 2.14. The van der Waals surface area contributed by atoms with Crippen molar-refractivity contribution in [2.75, 3.05) is 6.54 Å². The van der Waals surface area contributed by atoms with E-state index in [-0.39, 0.29) is 0 Å². The molecule has 13 heavy (non-hydrogen) atoms. The molecule has 0 amide bonds. The molecule has 0 aliphatic rings. The highest BCUT2D eigenvalue weighted by molar-refractivity contribution is 5.14. The summed E-state index contributed by atoms with van der Waals surface area (Å²) < 4.78 is 0. The molecular formula is C11H18N2. The number of aromatic nitrogens is 1. The van der Waals surface area contributed by atoms with Crippen LogP contribution < -0.4 is 5.32 Å². The summed E-state index contributed by atoms with van der Waals surface area (Å²) in [7, 11) is 0. The van der Waals surface area contributed by atoms with Gasteiger partial charge in [-0.05, 0) is 30.7 Å². The van der Waals surface area contributed by atoms with E-state index in [1.54, 1.807) is 0 Å². The summed E-state index contributed by atoms with van der Waals surface area (Å²) in [4.78, 5) is 4.02. The first kappa shape index (κ1) is 10.2. The molecule has 1 rings (SSSR count). The summed E-state index contributed by atoms with van der Waals surface area (Å²) in [6.07, 6.45) is 6.11. The van der Waals surface area contributed by atoms with Crippen LogP contribution in [0.25, 0.3) is 0 Å². The van der Waals surface area contributed by atoms with Gasteiger partial charge in [-0.2, -0.15) is 0 Å². The minimum Gasteiger partial charge on any atom is -0.310 e. The molecule has 72 valence electrons. The van der Waals surface area contributed by atoms with Gasteiger partial charge >= 0.3 is 0 Å². The maximum atomic E-state index is 4.02. The Labute approximate surface area is 80.4 Å². The van der Waals surface area contributed by atoms with Gasteiger partial charge in [0.1, 0.15) is 0 Å². The molecule has 0 aliphatic carbocycles. The largest absolute Gasteiger partial charge is 0.310 e. The Balaban J connectivity index is 2.64. The molecule has 2 nitrogen and oxygen atoms in total. The molecule has 0 saturated heterocycles. The zero-order valence-electron chi connectivity index (χ0n) is 8.46. The Hall–Kier alpha value is -0.890. The van der Waals surface area contributed by atoms with E-state index in [9.17, 15) is 0 Å². The fourth-order valence-corrected chi connectivity index (χ4v) is 1.52. The molecule has 2 heteroatoms. The van der Waals surface area contributed by atoms with E-state index in [1.165, 1.54) is 18.4 Å².